The van der Waals surface area contributed by atoms with Crippen molar-refractivity contribution in [2.45, 2.75) is 13.2 Å². The van der Waals surface area contributed by atoms with Gasteiger partial charge in [-0.05, 0) is 24.3 Å². The molecule has 0 spiro atoms. The van der Waals surface area contributed by atoms with E-state index in [-0.39, 0.29) is 12.4 Å². The molecule has 0 amide bonds. The molecule has 0 aliphatic heterocycles. The smallest absolute Gasteiger partial charge is 0.128 e. The van der Waals surface area contributed by atoms with Crippen LogP contribution in [0.2, 0.25) is 5.02 Å². The Bertz CT molecular complexity index is 545. The van der Waals surface area contributed by atoms with Gasteiger partial charge in [-0.1, -0.05) is 29.8 Å². The van der Waals surface area contributed by atoms with Crippen molar-refractivity contribution in [3.8, 4) is 0 Å². The summed E-state index contributed by atoms with van der Waals surface area (Å²) < 4.78 is 13.5. The molecule has 2 aromatic rings. The second-order valence-corrected chi connectivity index (χ2v) is 4.34. The first-order valence-electron chi connectivity index (χ1n) is 5.57. The van der Waals surface area contributed by atoms with Crippen LogP contribution in [0, 0.1) is 5.82 Å². The molecule has 2 aromatic carbocycles. The molecule has 0 aliphatic carbocycles. The van der Waals surface area contributed by atoms with E-state index < -0.39 is 0 Å². The van der Waals surface area contributed by atoms with Gasteiger partial charge in [0.05, 0.1) is 6.61 Å². The van der Waals surface area contributed by atoms with Crippen molar-refractivity contribution >= 4 is 17.3 Å². The molecule has 94 valence electrons. The molecule has 0 bridgehead atoms. The molecular formula is C14H13ClFNO. The highest BCUT2D eigenvalue weighted by Crippen LogP contribution is 2.19. The number of aliphatic hydroxyl groups is 1. The summed E-state index contributed by atoms with van der Waals surface area (Å²) in [5, 5.41) is 12.8. The van der Waals surface area contributed by atoms with E-state index in [0.717, 1.165) is 11.3 Å². The Labute approximate surface area is 110 Å². The maximum Gasteiger partial charge on any atom is 0.128 e. The van der Waals surface area contributed by atoms with Crippen LogP contribution >= 0.6 is 11.6 Å². The summed E-state index contributed by atoms with van der Waals surface area (Å²) in [6.07, 6.45) is 0. The summed E-state index contributed by atoms with van der Waals surface area (Å²) in [7, 11) is 0. The van der Waals surface area contributed by atoms with E-state index in [1.807, 2.05) is 24.3 Å². The maximum atomic E-state index is 13.5. The minimum Gasteiger partial charge on any atom is -0.392 e. The number of nitrogens with one attached hydrogen (secondary N) is 1. The Morgan fingerprint density at radius 2 is 1.89 bits per heavy atom. The Morgan fingerprint density at radius 3 is 2.67 bits per heavy atom. The fourth-order valence-electron chi connectivity index (χ4n) is 1.70. The largest absolute Gasteiger partial charge is 0.392 e. The van der Waals surface area contributed by atoms with Crippen molar-refractivity contribution in [2.75, 3.05) is 5.32 Å². The summed E-state index contributed by atoms with van der Waals surface area (Å²) in [5.74, 6) is -0.298. The van der Waals surface area contributed by atoms with Crippen LogP contribution in [0.4, 0.5) is 10.1 Å². The van der Waals surface area contributed by atoms with Crippen molar-refractivity contribution in [3.05, 3.63) is 64.4 Å². The maximum absolute atomic E-state index is 13.5. The Morgan fingerprint density at radius 1 is 1.11 bits per heavy atom. The van der Waals surface area contributed by atoms with Gasteiger partial charge in [0.2, 0.25) is 0 Å². The summed E-state index contributed by atoms with van der Waals surface area (Å²) in [5.41, 5.74) is 2.06. The van der Waals surface area contributed by atoms with Gasteiger partial charge < -0.3 is 10.4 Å². The highest BCUT2D eigenvalue weighted by molar-refractivity contribution is 6.30. The molecule has 0 saturated carbocycles. The molecule has 0 aromatic heterocycles. The molecule has 0 aliphatic rings. The van der Waals surface area contributed by atoms with Gasteiger partial charge in [0.25, 0.3) is 0 Å². The van der Waals surface area contributed by atoms with Crippen LogP contribution in [0.25, 0.3) is 0 Å². The zero-order chi connectivity index (χ0) is 13.0. The molecule has 2 nitrogen and oxygen atoms in total. The zero-order valence-corrected chi connectivity index (χ0v) is 10.4. The second-order valence-electron chi connectivity index (χ2n) is 3.90. The lowest BCUT2D eigenvalue weighted by molar-refractivity contribution is 0.282. The molecule has 18 heavy (non-hydrogen) atoms. The molecule has 4 heteroatoms. The minimum atomic E-state index is -0.298. The monoisotopic (exact) mass is 265 g/mol. The van der Waals surface area contributed by atoms with Gasteiger partial charge in [0, 0.05) is 28.4 Å². The van der Waals surface area contributed by atoms with Crippen LogP contribution in [0.1, 0.15) is 11.1 Å². The zero-order valence-electron chi connectivity index (χ0n) is 9.66. The van der Waals surface area contributed by atoms with E-state index in [0.29, 0.717) is 17.1 Å². The fourth-order valence-corrected chi connectivity index (χ4v) is 1.89. The first kappa shape index (κ1) is 12.9. The van der Waals surface area contributed by atoms with Crippen LogP contribution in [0.15, 0.2) is 42.5 Å². The Kier molecular flexibility index (Phi) is 4.18. The van der Waals surface area contributed by atoms with Crippen molar-refractivity contribution in [2.24, 2.45) is 0 Å². The summed E-state index contributed by atoms with van der Waals surface area (Å²) in [4.78, 5) is 0. The van der Waals surface area contributed by atoms with Crippen LogP contribution in [0.3, 0.4) is 0 Å². The van der Waals surface area contributed by atoms with E-state index >= 15 is 0 Å². The number of hydrogen-bond donors (Lipinski definition) is 2. The van der Waals surface area contributed by atoms with Crippen LogP contribution in [-0.4, -0.2) is 5.11 Å². The van der Waals surface area contributed by atoms with E-state index in [2.05, 4.69) is 5.32 Å². The number of hydrogen-bond acceptors (Lipinski definition) is 2. The normalized spacial score (nSPS) is 10.4. The van der Waals surface area contributed by atoms with Crippen molar-refractivity contribution in [1.29, 1.82) is 0 Å². The third-order valence-electron chi connectivity index (χ3n) is 2.66. The van der Waals surface area contributed by atoms with Crippen LogP contribution < -0.4 is 5.32 Å². The van der Waals surface area contributed by atoms with E-state index in [1.165, 1.54) is 12.1 Å². The lowest BCUT2D eigenvalue weighted by Gasteiger charge is -2.11. The summed E-state index contributed by atoms with van der Waals surface area (Å²) >= 11 is 5.82. The molecule has 0 unspecified atom stereocenters. The van der Waals surface area contributed by atoms with E-state index in [9.17, 15) is 9.50 Å². The van der Waals surface area contributed by atoms with Crippen molar-refractivity contribution < 1.29 is 9.50 Å². The van der Waals surface area contributed by atoms with Gasteiger partial charge in [0.1, 0.15) is 5.82 Å². The van der Waals surface area contributed by atoms with Crippen LogP contribution in [-0.2, 0) is 13.2 Å². The Balaban J connectivity index is 2.14. The summed E-state index contributed by atoms with van der Waals surface area (Å²) in [6.45, 7) is 0.268. The number of benzene rings is 2. The fraction of sp³-hybridized carbons (Fsp3) is 0.143. The minimum absolute atomic E-state index is 0.0544. The topological polar surface area (TPSA) is 32.3 Å². The van der Waals surface area contributed by atoms with Gasteiger partial charge in [-0.3, -0.25) is 0 Å². The predicted molar refractivity (Wildman–Crippen MR) is 71.1 cm³/mol. The van der Waals surface area contributed by atoms with Gasteiger partial charge in [-0.25, -0.2) is 4.39 Å². The lowest BCUT2D eigenvalue weighted by Crippen LogP contribution is -2.04. The highest BCUT2D eigenvalue weighted by atomic mass is 35.5. The van der Waals surface area contributed by atoms with Crippen molar-refractivity contribution in [1.82, 2.24) is 0 Å². The molecule has 2 rings (SSSR count). The standard InChI is InChI=1S/C14H13ClFNO/c15-12-5-6-13(16)11(7-12)8-17-14-4-2-1-3-10(14)9-18/h1-7,17-18H,8-9H2. The third-order valence-corrected chi connectivity index (χ3v) is 2.90. The highest BCUT2D eigenvalue weighted by Gasteiger charge is 2.04. The molecule has 0 heterocycles. The van der Waals surface area contributed by atoms with Gasteiger partial charge in [-0.2, -0.15) is 0 Å². The first-order chi connectivity index (χ1) is 8.70. The summed E-state index contributed by atoms with van der Waals surface area (Å²) in [6, 6.07) is 11.8. The average molecular weight is 266 g/mol. The number of para-hydroxylation sites is 1. The molecule has 0 saturated heterocycles. The number of rotatable bonds is 4. The molecule has 2 N–H and O–H groups in total. The van der Waals surface area contributed by atoms with Crippen LogP contribution in [0.5, 0.6) is 0 Å². The molecule has 0 radical (unpaired) electrons. The Hall–Kier alpha value is -1.58. The van der Waals surface area contributed by atoms with E-state index in [4.69, 9.17) is 11.6 Å². The molecule has 0 atom stereocenters. The lowest BCUT2D eigenvalue weighted by atomic mass is 10.1. The second kappa shape index (κ2) is 5.85. The van der Waals surface area contributed by atoms with E-state index in [1.54, 1.807) is 6.07 Å². The first-order valence-corrected chi connectivity index (χ1v) is 5.95. The quantitative estimate of drug-likeness (QED) is 0.886. The van der Waals surface area contributed by atoms with Gasteiger partial charge in [0.15, 0.2) is 0 Å². The number of halogens is 2. The number of aliphatic hydroxyl groups excluding tert-OH is 1. The molecule has 0 fully saturated rings. The molecular weight excluding hydrogens is 253 g/mol. The predicted octanol–water partition coefficient (Wildman–Crippen LogP) is 3.58. The number of anilines is 1. The van der Waals surface area contributed by atoms with Crippen molar-refractivity contribution in [3.63, 3.8) is 0 Å². The average Bonchev–Trinajstić information content (AvgIpc) is 2.40. The SMILES string of the molecule is OCc1ccccc1NCc1cc(Cl)ccc1F. The van der Waals surface area contributed by atoms with Gasteiger partial charge in [-0.15, -0.1) is 0 Å². The van der Waals surface area contributed by atoms with Gasteiger partial charge >= 0.3 is 0 Å². The third kappa shape index (κ3) is 3.00.